The molecule has 0 aromatic heterocycles. The van der Waals surface area contributed by atoms with E-state index in [1.807, 2.05) is 0 Å². The van der Waals surface area contributed by atoms with Crippen molar-refractivity contribution < 1.29 is 20.1 Å². The molecule has 0 rings (SSSR count). The molecule has 0 heterocycles. The molecule has 0 saturated carbocycles. The Morgan fingerprint density at radius 1 is 1.50 bits per heavy atom. The van der Waals surface area contributed by atoms with Crippen LogP contribution in [0.2, 0.25) is 0 Å². The van der Waals surface area contributed by atoms with Crippen molar-refractivity contribution in [1.29, 1.82) is 0 Å². The summed E-state index contributed by atoms with van der Waals surface area (Å²) in [7, 11) is 0. The van der Waals surface area contributed by atoms with Gasteiger partial charge in [0.05, 0.1) is 6.10 Å². The van der Waals surface area contributed by atoms with Gasteiger partial charge in [0.2, 0.25) is 0 Å². The maximum Gasteiger partial charge on any atom is 0.189 e. The Bertz CT molecular complexity index is 112. The van der Waals surface area contributed by atoms with Gasteiger partial charge < -0.3 is 15.3 Å². The molecule has 0 aliphatic rings. The Labute approximate surface area is 59.1 Å². The molecule has 0 bridgehead atoms. The lowest BCUT2D eigenvalue weighted by molar-refractivity contribution is -0.135. The molecule has 3 N–H and O–H groups in total. The zero-order valence-corrected chi connectivity index (χ0v) is 5.82. The van der Waals surface area contributed by atoms with E-state index in [4.69, 9.17) is 15.3 Å². The molecule has 10 heavy (non-hydrogen) atoms. The molecular weight excluding hydrogens is 136 g/mol. The molecule has 0 aliphatic heterocycles. The van der Waals surface area contributed by atoms with Crippen molar-refractivity contribution in [3.05, 3.63) is 0 Å². The molecule has 0 amide bonds. The summed E-state index contributed by atoms with van der Waals surface area (Å²) >= 11 is 0. The maximum absolute atomic E-state index is 10.5. The van der Waals surface area contributed by atoms with Crippen LogP contribution in [0.1, 0.15) is 13.3 Å². The SMILES string of the molecule is CC[C@@H](O)[C@H](O)C(=O)CO. The first kappa shape index (κ1) is 9.55. The van der Waals surface area contributed by atoms with E-state index in [9.17, 15) is 4.79 Å². The lowest BCUT2D eigenvalue weighted by atomic mass is 10.1. The Hall–Kier alpha value is -0.450. The highest BCUT2D eigenvalue weighted by Gasteiger charge is 2.20. The van der Waals surface area contributed by atoms with Gasteiger partial charge in [-0.1, -0.05) is 6.92 Å². The molecule has 0 radical (unpaired) electrons. The van der Waals surface area contributed by atoms with E-state index in [1.54, 1.807) is 6.92 Å². The number of ketones is 1. The van der Waals surface area contributed by atoms with Crippen LogP contribution in [0.25, 0.3) is 0 Å². The summed E-state index contributed by atoms with van der Waals surface area (Å²) in [6.07, 6.45) is -2.19. The van der Waals surface area contributed by atoms with Crippen molar-refractivity contribution in [2.45, 2.75) is 25.6 Å². The fraction of sp³-hybridized carbons (Fsp3) is 0.833. The first-order valence-electron chi connectivity index (χ1n) is 3.13. The highest BCUT2D eigenvalue weighted by molar-refractivity contribution is 5.84. The van der Waals surface area contributed by atoms with Gasteiger partial charge in [0.25, 0.3) is 0 Å². The van der Waals surface area contributed by atoms with Gasteiger partial charge in [-0.3, -0.25) is 4.79 Å². The zero-order valence-electron chi connectivity index (χ0n) is 5.82. The van der Waals surface area contributed by atoms with Gasteiger partial charge in [0, 0.05) is 0 Å². The average Bonchev–Trinajstić information content (AvgIpc) is 2.00. The highest BCUT2D eigenvalue weighted by Crippen LogP contribution is 1.98. The van der Waals surface area contributed by atoms with Crippen LogP contribution in [0.5, 0.6) is 0 Å². The minimum absolute atomic E-state index is 0.299. The van der Waals surface area contributed by atoms with Gasteiger partial charge in [0.15, 0.2) is 5.78 Å². The van der Waals surface area contributed by atoms with Gasteiger partial charge in [-0.05, 0) is 6.42 Å². The summed E-state index contributed by atoms with van der Waals surface area (Å²) in [5, 5.41) is 25.9. The standard InChI is InChI=1S/C6H12O4/c1-2-4(8)6(10)5(9)3-7/h4,6-8,10H,2-3H2,1H3/t4-,6+/m1/s1. The Morgan fingerprint density at radius 2 is 2.00 bits per heavy atom. The van der Waals surface area contributed by atoms with Crippen LogP contribution in [-0.4, -0.2) is 39.9 Å². The molecule has 0 aliphatic carbocycles. The quantitative estimate of drug-likeness (QED) is 0.462. The van der Waals surface area contributed by atoms with Crippen molar-refractivity contribution in [3.8, 4) is 0 Å². The first-order chi connectivity index (χ1) is 4.63. The summed E-state index contributed by atoms with van der Waals surface area (Å²) < 4.78 is 0. The largest absolute Gasteiger partial charge is 0.390 e. The van der Waals surface area contributed by atoms with Crippen LogP contribution >= 0.6 is 0 Å². The molecule has 4 nitrogen and oxygen atoms in total. The van der Waals surface area contributed by atoms with Crippen LogP contribution in [0.15, 0.2) is 0 Å². The predicted molar refractivity (Wildman–Crippen MR) is 34.4 cm³/mol. The lowest BCUT2D eigenvalue weighted by Crippen LogP contribution is -2.35. The Morgan fingerprint density at radius 3 is 2.30 bits per heavy atom. The predicted octanol–water partition coefficient (Wildman–Crippen LogP) is -1.32. The van der Waals surface area contributed by atoms with Crippen LogP contribution in [-0.2, 0) is 4.79 Å². The minimum atomic E-state index is -1.44. The monoisotopic (exact) mass is 148 g/mol. The van der Waals surface area contributed by atoms with E-state index in [0.29, 0.717) is 6.42 Å². The molecule has 0 saturated heterocycles. The number of carbonyl (C=O) groups excluding carboxylic acids is 1. The number of hydrogen-bond donors (Lipinski definition) is 3. The normalized spacial score (nSPS) is 16.4. The van der Waals surface area contributed by atoms with Crippen molar-refractivity contribution in [3.63, 3.8) is 0 Å². The number of Topliss-reactive ketones (excluding diaryl/α,β-unsaturated/α-hetero) is 1. The fourth-order valence-corrected chi connectivity index (χ4v) is 0.531. The first-order valence-corrected chi connectivity index (χ1v) is 3.13. The number of rotatable bonds is 4. The molecule has 60 valence electrons. The van der Waals surface area contributed by atoms with E-state index >= 15 is 0 Å². The van der Waals surface area contributed by atoms with Crippen LogP contribution in [0, 0.1) is 0 Å². The molecule has 0 aromatic rings. The van der Waals surface area contributed by atoms with Gasteiger partial charge >= 0.3 is 0 Å². The molecular formula is C6H12O4. The topological polar surface area (TPSA) is 77.8 Å². The fourth-order valence-electron chi connectivity index (χ4n) is 0.531. The molecule has 4 heteroatoms. The number of aliphatic hydroxyl groups excluding tert-OH is 3. The van der Waals surface area contributed by atoms with E-state index in [0.717, 1.165) is 0 Å². The van der Waals surface area contributed by atoms with Crippen LogP contribution < -0.4 is 0 Å². The summed E-state index contributed by atoms with van der Waals surface area (Å²) in [5.74, 6) is -0.741. The lowest BCUT2D eigenvalue weighted by Gasteiger charge is -2.12. The van der Waals surface area contributed by atoms with Crippen molar-refractivity contribution in [1.82, 2.24) is 0 Å². The van der Waals surface area contributed by atoms with Crippen LogP contribution in [0.4, 0.5) is 0 Å². The molecule has 2 atom stereocenters. The smallest absolute Gasteiger partial charge is 0.189 e. The Kier molecular flexibility index (Phi) is 4.18. The second kappa shape index (κ2) is 4.38. The van der Waals surface area contributed by atoms with Gasteiger partial charge in [0.1, 0.15) is 12.7 Å². The number of carbonyl (C=O) groups is 1. The molecule has 0 spiro atoms. The highest BCUT2D eigenvalue weighted by atomic mass is 16.3. The van der Waals surface area contributed by atoms with E-state index < -0.39 is 24.6 Å². The number of aliphatic hydroxyl groups is 3. The molecule has 0 unspecified atom stereocenters. The maximum atomic E-state index is 10.5. The van der Waals surface area contributed by atoms with Gasteiger partial charge in [-0.25, -0.2) is 0 Å². The molecule has 0 aromatic carbocycles. The van der Waals surface area contributed by atoms with Crippen molar-refractivity contribution in [2.75, 3.05) is 6.61 Å². The van der Waals surface area contributed by atoms with Gasteiger partial charge in [-0.2, -0.15) is 0 Å². The third-order valence-electron chi connectivity index (χ3n) is 1.27. The Balaban J connectivity index is 3.81. The summed E-state index contributed by atoms with van der Waals surface area (Å²) in [6, 6.07) is 0. The second-order valence-electron chi connectivity index (χ2n) is 2.04. The third-order valence-corrected chi connectivity index (χ3v) is 1.27. The van der Waals surface area contributed by atoms with Crippen LogP contribution in [0.3, 0.4) is 0 Å². The number of hydrogen-bond acceptors (Lipinski definition) is 4. The van der Waals surface area contributed by atoms with E-state index in [1.165, 1.54) is 0 Å². The van der Waals surface area contributed by atoms with E-state index in [-0.39, 0.29) is 0 Å². The third kappa shape index (κ3) is 2.43. The van der Waals surface area contributed by atoms with Gasteiger partial charge in [-0.15, -0.1) is 0 Å². The minimum Gasteiger partial charge on any atom is -0.390 e. The second-order valence-corrected chi connectivity index (χ2v) is 2.04. The zero-order chi connectivity index (χ0) is 8.15. The van der Waals surface area contributed by atoms with Crippen molar-refractivity contribution in [2.24, 2.45) is 0 Å². The average molecular weight is 148 g/mol. The molecule has 0 fully saturated rings. The summed E-state index contributed by atoms with van der Waals surface area (Å²) in [4.78, 5) is 10.5. The summed E-state index contributed by atoms with van der Waals surface area (Å²) in [5.41, 5.74) is 0. The van der Waals surface area contributed by atoms with E-state index in [2.05, 4.69) is 0 Å². The summed E-state index contributed by atoms with van der Waals surface area (Å²) in [6.45, 7) is 0.913. The van der Waals surface area contributed by atoms with Crippen molar-refractivity contribution >= 4 is 5.78 Å².